The Morgan fingerprint density at radius 2 is 1.88 bits per heavy atom. The van der Waals surface area contributed by atoms with Crippen molar-refractivity contribution < 1.29 is 9.59 Å². The van der Waals surface area contributed by atoms with Gasteiger partial charge in [-0.25, -0.2) is 4.79 Å². The summed E-state index contributed by atoms with van der Waals surface area (Å²) in [6.45, 7) is 3.75. The highest BCUT2D eigenvalue weighted by Crippen LogP contribution is 2.26. The summed E-state index contributed by atoms with van der Waals surface area (Å²) < 4.78 is 0. The number of likely N-dealkylation sites (tertiary alicyclic amines) is 1. The summed E-state index contributed by atoms with van der Waals surface area (Å²) in [5, 5.41) is 5.43. The number of nitrogens with two attached hydrogens (primary N) is 1. The van der Waals surface area contributed by atoms with Crippen LogP contribution in [0, 0.1) is 5.92 Å². The molecule has 0 aromatic heterocycles. The first-order valence-corrected chi connectivity index (χ1v) is 9.66. The Labute approximate surface area is 155 Å². The Bertz CT molecular complexity index is 621. The number of urea groups is 1. The van der Waals surface area contributed by atoms with Crippen LogP contribution >= 0.6 is 0 Å². The highest BCUT2D eigenvalue weighted by Gasteiger charge is 2.32. The van der Waals surface area contributed by atoms with Gasteiger partial charge in [0.1, 0.15) is 0 Å². The first kappa shape index (κ1) is 18.9. The molecule has 0 radical (unpaired) electrons. The van der Waals surface area contributed by atoms with Crippen LogP contribution in [0.25, 0.3) is 0 Å². The standard InChI is InChI=1S/C20H30N4O2/c1-14-7-5-6-10-18(14)22-20(26)23-19(25)13-24-11-16(17(21)12-24)15-8-3-2-4-9-15/h2-4,8-9,14,16-18H,5-7,10-13,21H2,1H3,(H2,22,23,25,26)/t14?,16-,17+,18?/m0/s1. The first-order chi connectivity index (χ1) is 12.5. The lowest BCUT2D eigenvalue weighted by Gasteiger charge is -2.29. The van der Waals surface area contributed by atoms with E-state index in [9.17, 15) is 9.59 Å². The Kier molecular flexibility index (Phi) is 6.27. The molecule has 0 spiro atoms. The van der Waals surface area contributed by atoms with E-state index in [1.807, 2.05) is 23.1 Å². The third-order valence-electron chi connectivity index (χ3n) is 5.72. The second-order valence-electron chi connectivity index (χ2n) is 7.76. The van der Waals surface area contributed by atoms with Crippen molar-refractivity contribution in [2.45, 2.75) is 50.6 Å². The van der Waals surface area contributed by atoms with Gasteiger partial charge in [-0.2, -0.15) is 0 Å². The minimum atomic E-state index is -0.378. The lowest BCUT2D eigenvalue weighted by atomic mass is 9.86. The highest BCUT2D eigenvalue weighted by atomic mass is 16.2. The van der Waals surface area contributed by atoms with Gasteiger partial charge < -0.3 is 11.1 Å². The third-order valence-corrected chi connectivity index (χ3v) is 5.72. The molecule has 1 saturated carbocycles. The summed E-state index contributed by atoms with van der Waals surface area (Å²) in [5.74, 6) is 0.417. The predicted molar refractivity (Wildman–Crippen MR) is 102 cm³/mol. The van der Waals surface area contributed by atoms with Gasteiger partial charge in [-0.1, -0.05) is 50.1 Å². The van der Waals surface area contributed by atoms with Crippen molar-refractivity contribution in [2.75, 3.05) is 19.6 Å². The molecule has 2 fully saturated rings. The zero-order valence-corrected chi connectivity index (χ0v) is 15.5. The van der Waals surface area contributed by atoms with Crippen molar-refractivity contribution in [1.29, 1.82) is 0 Å². The molecule has 0 bridgehead atoms. The summed E-state index contributed by atoms with van der Waals surface area (Å²) in [5.41, 5.74) is 7.47. The molecule has 3 rings (SSSR count). The van der Waals surface area contributed by atoms with E-state index in [0.29, 0.717) is 12.5 Å². The largest absolute Gasteiger partial charge is 0.335 e. The number of nitrogens with zero attached hydrogens (tertiary/aromatic N) is 1. The van der Waals surface area contributed by atoms with Crippen LogP contribution in [-0.2, 0) is 4.79 Å². The number of hydrogen-bond acceptors (Lipinski definition) is 4. The number of carbonyl (C=O) groups is 2. The van der Waals surface area contributed by atoms with Crippen LogP contribution in [0.4, 0.5) is 4.79 Å². The number of rotatable bonds is 4. The van der Waals surface area contributed by atoms with Gasteiger partial charge in [0.25, 0.3) is 0 Å². The minimum absolute atomic E-state index is 0.00196. The van der Waals surface area contributed by atoms with Crippen molar-refractivity contribution in [2.24, 2.45) is 11.7 Å². The van der Waals surface area contributed by atoms with Crippen molar-refractivity contribution in [1.82, 2.24) is 15.5 Å². The van der Waals surface area contributed by atoms with Crippen LogP contribution in [0.1, 0.15) is 44.1 Å². The molecule has 1 aromatic rings. The van der Waals surface area contributed by atoms with E-state index in [0.717, 1.165) is 25.8 Å². The Balaban J connectivity index is 1.45. The molecule has 6 nitrogen and oxygen atoms in total. The van der Waals surface area contributed by atoms with Gasteiger partial charge in [0.15, 0.2) is 0 Å². The van der Waals surface area contributed by atoms with E-state index in [2.05, 4.69) is 29.7 Å². The average Bonchev–Trinajstić information content (AvgIpc) is 2.97. The fraction of sp³-hybridized carbons (Fsp3) is 0.600. The van der Waals surface area contributed by atoms with Crippen molar-refractivity contribution >= 4 is 11.9 Å². The number of imide groups is 1. The van der Waals surface area contributed by atoms with Gasteiger partial charge in [0, 0.05) is 31.1 Å². The topological polar surface area (TPSA) is 87.5 Å². The van der Waals surface area contributed by atoms with Gasteiger partial charge in [0.2, 0.25) is 5.91 Å². The van der Waals surface area contributed by atoms with Gasteiger partial charge >= 0.3 is 6.03 Å². The maximum absolute atomic E-state index is 12.2. The molecule has 1 aliphatic heterocycles. The Hall–Kier alpha value is -1.92. The highest BCUT2D eigenvalue weighted by molar-refractivity contribution is 5.95. The molecule has 1 aliphatic carbocycles. The zero-order valence-electron chi connectivity index (χ0n) is 15.5. The van der Waals surface area contributed by atoms with E-state index in [1.165, 1.54) is 12.0 Å². The second kappa shape index (κ2) is 8.64. The maximum Gasteiger partial charge on any atom is 0.321 e. The molecule has 1 saturated heterocycles. The van der Waals surface area contributed by atoms with Crippen molar-refractivity contribution in [3.63, 3.8) is 0 Å². The molecular weight excluding hydrogens is 328 g/mol. The maximum atomic E-state index is 12.2. The molecule has 142 valence electrons. The summed E-state index contributed by atoms with van der Waals surface area (Å²) >= 11 is 0. The van der Waals surface area contributed by atoms with Gasteiger partial charge in [-0.3, -0.25) is 15.0 Å². The molecule has 6 heteroatoms. The molecule has 2 unspecified atom stereocenters. The molecule has 1 heterocycles. The number of hydrogen-bond donors (Lipinski definition) is 3. The number of amides is 3. The summed E-state index contributed by atoms with van der Waals surface area (Å²) in [7, 11) is 0. The molecular formula is C20H30N4O2. The predicted octanol–water partition coefficient (Wildman–Crippen LogP) is 1.82. The minimum Gasteiger partial charge on any atom is -0.335 e. The zero-order chi connectivity index (χ0) is 18.5. The Morgan fingerprint density at radius 1 is 1.15 bits per heavy atom. The van der Waals surface area contributed by atoms with Crippen LogP contribution in [0.3, 0.4) is 0 Å². The Morgan fingerprint density at radius 3 is 2.62 bits per heavy atom. The van der Waals surface area contributed by atoms with E-state index >= 15 is 0 Å². The molecule has 4 atom stereocenters. The second-order valence-corrected chi connectivity index (χ2v) is 7.76. The normalized spacial score (nSPS) is 29.3. The van der Waals surface area contributed by atoms with Crippen LogP contribution in [0.5, 0.6) is 0 Å². The molecule has 2 aliphatic rings. The third kappa shape index (κ3) is 4.83. The van der Waals surface area contributed by atoms with Crippen LogP contribution in [-0.4, -0.2) is 48.6 Å². The van der Waals surface area contributed by atoms with Gasteiger partial charge in [-0.05, 0) is 24.3 Å². The SMILES string of the molecule is CC1CCCCC1NC(=O)NC(=O)CN1C[C@@H](N)[C@H](c2ccccc2)C1. The lowest BCUT2D eigenvalue weighted by Crippen LogP contribution is -2.49. The lowest BCUT2D eigenvalue weighted by molar-refractivity contribution is -0.120. The number of nitrogens with one attached hydrogen (secondary N) is 2. The monoisotopic (exact) mass is 358 g/mol. The van der Waals surface area contributed by atoms with Crippen LogP contribution in [0.2, 0.25) is 0 Å². The van der Waals surface area contributed by atoms with E-state index < -0.39 is 0 Å². The van der Waals surface area contributed by atoms with Crippen LogP contribution in [0.15, 0.2) is 30.3 Å². The smallest absolute Gasteiger partial charge is 0.321 e. The fourth-order valence-corrected chi connectivity index (χ4v) is 4.20. The van der Waals surface area contributed by atoms with E-state index in [4.69, 9.17) is 5.73 Å². The molecule has 1 aromatic carbocycles. The van der Waals surface area contributed by atoms with Crippen molar-refractivity contribution in [3.8, 4) is 0 Å². The summed E-state index contributed by atoms with van der Waals surface area (Å²) in [6.07, 6.45) is 4.47. The molecule has 4 N–H and O–H groups in total. The fourth-order valence-electron chi connectivity index (χ4n) is 4.20. The number of benzene rings is 1. The molecule has 26 heavy (non-hydrogen) atoms. The molecule has 3 amide bonds. The number of carbonyl (C=O) groups excluding carboxylic acids is 2. The first-order valence-electron chi connectivity index (χ1n) is 9.66. The quantitative estimate of drug-likeness (QED) is 0.766. The summed E-state index contributed by atoms with van der Waals surface area (Å²) in [4.78, 5) is 26.4. The van der Waals surface area contributed by atoms with Crippen LogP contribution < -0.4 is 16.4 Å². The van der Waals surface area contributed by atoms with E-state index in [1.54, 1.807) is 0 Å². The van der Waals surface area contributed by atoms with Gasteiger partial charge in [-0.15, -0.1) is 0 Å². The summed E-state index contributed by atoms with van der Waals surface area (Å²) in [6, 6.07) is 9.95. The average molecular weight is 358 g/mol. The van der Waals surface area contributed by atoms with Crippen molar-refractivity contribution in [3.05, 3.63) is 35.9 Å². The van der Waals surface area contributed by atoms with E-state index in [-0.39, 0.29) is 36.5 Å². The van der Waals surface area contributed by atoms with Gasteiger partial charge in [0.05, 0.1) is 6.54 Å².